The van der Waals surface area contributed by atoms with Crippen LogP contribution in [0.25, 0.3) is 0 Å². The normalized spacial score (nSPS) is 13.8. The summed E-state index contributed by atoms with van der Waals surface area (Å²) in [6.45, 7) is 12.2. The van der Waals surface area contributed by atoms with E-state index in [9.17, 15) is 19.2 Å². The Morgan fingerprint density at radius 2 is 1.37 bits per heavy atom. The lowest BCUT2D eigenvalue weighted by molar-refractivity contribution is -0.171. The van der Waals surface area contributed by atoms with Crippen LogP contribution in [0, 0.1) is 5.41 Å². The molecular weight excluding hydrogens is 454 g/mol. The lowest BCUT2D eigenvalue weighted by Gasteiger charge is -2.25. The average Bonchev–Trinajstić information content (AvgIpc) is 2.74. The van der Waals surface area contributed by atoms with Crippen molar-refractivity contribution in [3.8, 4) is 11.5 Å². The van der Waals surface area contributed by atoms with E-state index in [4.69, 9.17) is 24.7 Å². The summed E-state index contributed by atoms with van der Waals surface area (Å²) in [6.07, 6.45) is 0.373. The summed E-state index contributed by atoms with van der Waals surface area (Å²) >= 11 is 0. The molecule has 196 valence electrons. The van der Waals surface area contributed by atoms with E-state index in [0.717, 1.165) is 0 Å². The highest BCUT2D eigenvalue weighted by atomic mass is 16.6. The molecule has 0 unspecified atom stereocenters. The molecule has 0 heterocycles. The van der Waals surface area contributed by atoms with Crippen LogP contribution in [0.15, 0.2) is 18.2 Å². The standard InChI is InChI=1S/C26H39NO8/c1-8-10-22(28)34-20-13-12-18(15-21(20)35-23(29)11-9-2)14-19(27)24(30)32-16(3)17(4)33-25(31)26(5,6)7/h12-13,15-17,19H,8-11,14,27H2,1-7H3/t16-,17-,19-/m0/s1. The first kappa shape index (κ1) is 30.1. The van der Waals surface area contributed by atoms with Crippen molar-refractivity contribution in [2.45, 2.75) is 98.8 Å². The molecule has 0 aliphatic heterocycles. The zero-order chi connectivity index (χ0) is 26.8. The van der Waals surface area contributed by atoms with Gasteiger partial charge in [0, 0.05) is 12.8 Å². The second-order valence-electron chi connectivity index (χ2n) is 9.54. The molecule has 1 rings (SSSR count). The van der Waals surface area contributed by atoms with Crippen LogP contribution < -0.4 is 15.2 Å². The van der Waals surface area contributed by atoms with Crippen LogP contribution >= 0.6 is 0 Å². The minimum atomic E-state index is -1.02. The van der Waals surface area contributed by atoms with Gasteiger partial charge in [-0.05, 0) is 71.6 Å². The summed E-state index contributed by atoms with van der Waals surface area (Å²) in [5, 5.41) is 0. The fraction of sp³-hybridized carbons (Fsp3) is 0.615. The highest BCUT2D eigenvalue weighted by Crippen LogP contribution is 2.30. The Bertz CT molecular complexity index is 890. The smallest absolute Gasteiger partial charge is 0.323 e. The molecule has 0 spiro atoms. The first-order valence-corrected chi connectivity index (χ1v) is 12.0. The molecule has 9 heteroatoms. The van der Waals surface area contributed by atoms with Crippen LogP contribution in [0.3, 0.4) is 0 Å². The van der Waals surface area contributed by atoms with Crippen molar-refractivity contribution < 1.29 is 38.1 Å². The lowest BCUT2D eigenvalue weighted by atomic mass is 9.97. The van der Waals surface area contributed by atoms with Crippen molar-refractivity contribution in [3.05, 3.63) is 23.8 Å². The van der Waals surface area contributed by atoms with Gasteiger partial charge in [0.15, 0.2) is 11.5 Å². The number of rotatable bonds is 12. The zero-order valence-electron chi connectivity index (χ0n) is 21.8. The summed E-state index contributed by atoms with van der Waals surface area (Å²) in [7, 11) is 0. The number of ether oxygens (including phenoxy) is 4. The number of carbonyl (C=O) groups excluding carboxylic acids is 4. The zero-order valence-corrected chi connectivity index (χ0v) is 21.8. The third-order valence-corrected chi connectivity index (χ3v) is 4.99. The molecule has 0 saturated carbocycles. The Morgan fingerprint density at radius 1 is 0.857 bits per heavy atom. The van der Waals surface area contributed by atoms with E-state index < -0.39 is 47.5 Å². The van der Waals surface area contributed by atoms with E-state index in [1.54, 1.807) is 40.7 Å². The van der Waals surface area contributed by atoms with Crippen LogP contribution in [0.4, 0.5) is 0 Å². The summed E-state index contributed by atoms with van der Waals surface area (Å²) in [6, 6.07) is 3.64. The molecule has 0 amide bonds. The number of carbonyl (C=O) groups is 4. The fourth-order valence-electron chi connectivity index (χ4n) is 2.74. The molecule has 0 saturated heterocycles. The second kappa shape index (κ2) is 13.8. The van der Waals surface area contributed by atoms with E-state index in [1.807, 2.05) is 13.8 Å². The van der Waals surface area contributed by atoms with Gasteiger partial charge in [-0.25, -0.2) is 0 Å². The highest BCUT2D eigenvalue weighted by molar-refractivity contribution is 5.78. The third kappa shape index (κ3) is 10.5. The fourth-order valence-corrected chi connectivity index (χ4v) is 2.74. The molecule has 9 nitrogen and oxygen atoms in total. The molecular formula is C26H39NO8. The van der Waals surface area contributed by atoms with Crippen molar-refractivity contribution in [1.29, 1.82) is 0 Å². The number of nitrogens with two attached hydrogens (primary N) is 1. The molecule has 1 aromatic carbocycles. The summed E-state index contributed by atoms with van der Waals surface area (Å²) in [5.41, 5.74) is 5.96. The number of esters is 4. The molecule has 35 heavy (non-hydrogen) atoms. The summed E-state index contributed by atoms with van der Waals surface area (Å²) < 4.78 is 21.5. The van der Waals surface area contributed by atoms with E-state index in [2.05, 4.69) is 0 Å². The van der Waals surface area contributed by atoms with Crippen LogP contribution in [-0.2, 0) is 35.1 Å². The Morgan fingerprint density at radius 3 is 1.89 bits per heavy atom. The first-order valence-electron chi connectivity index (χ1n) is 12.0. The third-order valence-electron chi connectivity index (χ3n) is 4.99. The lowest BCUT2D eigenvalue weighted by Crippen LogP contribution is -2.40. The van der Waals surface area contributed by atoms with Crippen molar-refractivity contribution in [2.24, 2.45) is 11.1 Å². The van der Waals surface area contributed by atoms with Crippen LogP contribution in [0.1, 0.15) is 79.7 Å². The largest absolute Gasteiger partial charge is 0.458 e. The monoisotopic (exact) mass is 493 g/mol. The van der Waals surface area contributed by atoms with Crippen molar-refractivity contribution in [2.75, 3.05) is 0 Å². The van der Waals surface area contributed by atoms with E-state index in [1.165, 1.54) is 12.1 Å². The van der Waals surface area contributed by atoms with Gasteiger partial charge in [-0.15, -0.1) is 0 Å². The quantitative estimate of drug-likeness (QED) is 0.340. The summed E-state index contributed by atoms with van der Waals surface area (Å²) in [4.78, 5) is 48.6. The van der Waals surface area contributed by atoms with E-state index in [-0.39, 0.29) is 30.8 Å². The highest BCUT2D eigenvalue weighted by Gasteiger charge is 2.29. The predicted molar refractivity (Wildman–Crippen MR) is 130 cm³/mol. The Labute approximate surface area is 207 Å². The molecule has 0 bridgehead atoms. The molecule has 0 aliphatic rings. The number of hydrogen-bond donors (Lipinski definition) is 1. The van der Waals surface area contributed by atoms with Gasteiger partial charge >= 0.3 is 23.9 Å². The average molecular weight is 494 g/mol. The molecule has 2 N–H and O–H groups in total. The molecule has 1 aromatic rings. The molecule has 0 fully saturated rings. The predicted octanol–water partition coefficient (Wildman–Crippen LogP) is 3.88. The maximum absolute atomic E-state index is 12.5. The minimum Gasteiger partial charge on any atom is -0.458 e. The van der Waals surface area contributed by atoms with Crippen molar-refractivity contribution >= 4 is 23.9 Å². The molecule has 0 aromatic heterocycles. The van der Waals surface area contributed by atoms with Crippen LogP contribution in [-0.4, -0.2) is 42.1 Å². The number of hydrogen-bond acceptors (Lipinski definition) is 9. The van der Waals surface area contributed by atoms with Gasteiger partial charge in [-0.1, -0.05) is 19.9 Å². The maximum atomic E-state index is 12.5. The molecule has 0 aliphatic carbocycles. The Kier molecular flexibility index (Phi) is 11.9. The Hall–Kier alpha value is -2.94. The SMILES string of the molecule is CCCC(=O)Oc1ccc(C[C@H](N)C(=O)O[C@@H](C)[C@H](C)OC(=O)C(C)(C)C)cc1OC(=O)CCC. The maximum Gasteiger partial charge on any atom is 0.323 e. The topological polar surface area (TPSA) is 131 Å². The number of benzene rings is 1. The van der Waals surface area contributed by atoms with Gasteiger partial charge in [-0.2, -0.15) is 0 Å². The minimum absolute atomic E-state index is 0.0852. The van der Waals surface area contributed by atoms with Gasteiger partial charge in [0.25, 0.3) is 0 Å². The van der Waals surface area contributed by atoms with Gasteiger partial charge in [0.1, 0.15) is 18.2 Å². The summed E-state index contributed by atoms with van der Waals surface area (Å²) in [5.74, 6) is -1.77. The van der Waals surface area contributed by atoms with Gasteiger partial charge < -0.3 is 24.7 Å². The Balaban J connectivity index is 2.89. The van der Waals surface area contributed by atoms with Crippen LogP contribution in [0.2, 0.25) is 0 Å². The van der Waals surface area contributed by atoms with Crippen molar-refractivity contribution in [1.82, 2.24) is 0 Å². The first-order chi connectivity index (χ1) is 16.3. The second-order valence-corrected chi connectivity index (χ2v) is 9.54. The van der Waals surface area contributed by atoms with E-state index >= 15 is 0 Å². The molecule has 3 atom stereocenters. The van der Waals surface area contributed by atoms with Crippen molar-refractivity contribution in [3.63, 3.8) is 0 Å². The van der Waals surface area contributed by atoms with Gasteiger partial charge in [0.2, 0.25) is 0 Å². The van der Waals surface area contributed by atoms with Crippen LogP contribution in [0.5, 0.6) is 11.5 Å². The van der Waals surface area contributed by atoms with E-state index in [0.29, 0.717) is 18.4 Å². The molecule has 0 radical (unpaired) electrons. The van der Waals surface area contributed by atoms with Gasteiger partial charge in [-0.3, -0.25) is 19.2 Å². The van der Waals surface area contributed by atoms with Gasteiger partial charge in [0.05, 0.1) is 5.41 Å².